The second kappa shape index (κ2) is 5.75. The first kappa shape index (κ1) is 12.7. The highest BCUT2D eigenvalue weighted by Gasteiger charge is 2.20. The van der Waals surface area contributed by atoms with Crippen molar-refractivity contribution in [2.75, 3.05) is 7.05 Å². The Morgan fingerprint density at radius 1 is 0.947 bits per heavy atom. The third-order valence-electron chi connectivity index (χ3n) is 4.58. The van der Waals surface area contributed by atoms with Crippen molar-refractivity contribution in [2.24, 2.45) is 0 Å². The fourth-order valence-electron chi connectivity index (χ4n) is 3.39. The summed E-state index contributed by atoms with van der Waals surface area (Å²) in [5.74, 6) is 0.726. The summed E-state index contributed by atoms with van der Waals surface area (Å²) in [6.45, 7) is 0. The molecule has 2 aromatic carbocycles. The monoisotopic (exact) mass is 253 g/mol. The van der Waals surface area contributed by atoms with Gasteiger partial charge in [-0.05, 0) is 48.6 Å². The van der Waals surface area contributed by atoms with Gasteiger partial charge in [-0.3, -0.25) is 0 Å². The lowest BCUT2D eigenvalue weighted by atomic mass is 9.89. The van der Waals surface area contributed by atoms with Crippen LogP contribution in [-0.2, 0) is 0 Å². The van der Waals surface area contributed by atoms with Crippen molar-refractivity contribution >= 4 is 10.8 Å². The zero-order chi connectivity index (χ0) is 13.1. The quantitative estimate of drug-likeness (QED) is 0.778. The summed E-state index contributed by atoms with van der Waals surface area (Å²) in [5.41, 5.74) is 1.53. The smallest absolute Gasteiger partial charge is 0.00698 e. The molecule has 2 atom stereocenters. The van der Waals surface area contributed by atoms with Gasteiger partial charge in [-0.1, -0.05) is 55.3 Å². The molecule has 0 bridgehead atoms. The van der Waals surface area contributed by atoms with Gasteiger partial charge in [-0.15, -0.1) is 0 Å². The number of nitrogens with one attached hydrogen (secondary N) is 1. The van der Waals surface area contributed by atoms with Crippen molar-refractivity contribution in [3.63, 3.8) is 0 Å². The molecule has 0 spiro atoms. The third kappa shape index (κ3) is 2.82. The first-order valence-corrected chi connectivity index (χ1v) is 7.53. The molecule has 1 heteroatoms. The Balaban J connectivity index is 1.89. The maximum absolute atomic E-state index is 3.48. The average Bonchev–Trinajstić information content (AvgIpc) is 2.72. The SMILES string of the molecule is CNC1CCCCC(c2ccc3ccccc3c2)C1. The van der Waals surface area contributed by atoms with Crippen LogP contribution in [0.1, 0.15) is 43.6 Å². The van der Waals surface area contributed by atoms with Gasteiger partial charge in [-0.25, -0.2) is 0 Å². The standard InChI is InChI=1S/C18H23N/c1-19-18-9-5-4-8-16(13-18)17-11-10-14-6-2-3-7-15(14)12-17/h2-3,6-7,10-12,16,18-19H,4-5,8-9,13H2,1H3. The Bertz CT molecular complexity index is 546. The number of hydrogen-bond donors (Lipinski definition) is 1. The van der Waals surface area contributed by atoms with Crippen molar-refractivity contribution in [1.82, 2.24) is 5.32 Å². The molecule has 0 saturated heterocycles. The molecule has 0 radical (unpaired) electrons. The van der Waals surface area contributed by atoms with Gasteiger partial charge in [0.15, 0.2) is 0 Å². The lowest BCUT2D eigenvalue weighted by molar-refractivity contribution is 0.471. The number of benzene rings is 2. The minimum atomic E-state index is 0.693. The summed E-state index contributed by atoms with van der Waals surface area (Å²) in [7, 11) is 2.10. The fourth-order valence-corrected chi connectivity index (χ4v) is 3.39. The molecule has 2 unspecified atom stereocenters. The van der Waals surface area contributed by atoms with Gasteiger partial charge in [0.05, 0.1) is 0 Å². The van der Waals surface area contributed by atoms with Crippen LogP contribution in [-0.4, -0.2) is 13.1 Å². The average molecular weight is 253 g/mol. The molecule has 1 aliphatic rings. The van der Waals surface area contributed by atoms with E-state index < -0.39 is 0 Å². The molecule has 100 valence electrons. The minimum absolute atomic E-state index is 0.693. The van der Waals surface area contributed by atoms with Crippen LogP contribution in [0, 0.1) is 0 Å². The summed E-state index contributed by atoms with van der Waals surface area (Å²) >= 11 is 0. The van der Waals surface area contributed by atoms with Gasteiger partial charge in [0.1, 0.15) is 0 Å². The molecule has 2 aromatic rings. The highest BCUT2D eigenvalue weighted by molar-refractivity contribution is 5.83. The van der Waals surface area contributed by atoms with Crippen LogP contribution < -0.4 is 5.32 Å². The molecule has 0 amide bonds. The van der Waals surface area contributed by atoms with E-state index in [1.165, 1.54) is 48.4 Å². The lowest BCUT2D eigenvalue weighted by Gasteiger charge is -2.20. The summed E-state index contributed by atoms with van der Waals surface area (Å²) < 4.78 is 0. The molecule has 19 heavy (non-hydrogen) atoms. The molecule has 0 heterocycles. The molecular formula is C18H23N. The number of fused-ring (bicyclic) bond motifs is 1. The Labute approximate surface area is 116 Å². The highest BCUT2D eigenvalue weighted by atomic mass is 14.9. The molecular weight excluding hydrogens is 230 g/mol. The molecule has 1 saturated carbocycles. The van der Waals surface area contributed by atoms with Crippen LogP contribution in [0.2, 0.25) is 0 Å². The molecule has 0 aliphatic heterocycles. The van der Waals surface area contributed by atoms with Crippen molar-refractivity contribution in [3.05, 3.63) is 48.0 Å². The molecule has 1 fully saturated rings. The maximum atomic E-state index is 3.48. The van der Waals surface area contributed by atoms with E-state index in [4.69, 9.17) is 0 Å². The van der Waals surface area contributed by atoms with E-state index in [2.05, 4.69) is 54.8 Å². The van der Waals surface area contributed by atoms with Gasteiger partial charge >= 0.3 is 0 Å². The van der Waals surface area contributed by atoms with Crippen molar-refractivity contribution in [1.29, 1.82) is 0 Å². The third-order valence-corrected chi connectivity index (χ3v) is 4.58. The zero-order valence-electron chi connectivity index (χ0n) is 11.7. The van der Waals surface area contributed by atoms with Crippen LogP contribution in [0.3, 0.4) is 0 Å². The van der Waals surface area contributed by atoms with Crippen molar-refractivity contribution < 1.29 is 0 Å². The largest absolute Gasteiger partial charge is 0.317 e. The second-order valence-electron chi connectivity index (χ2n) is 5.81. The van der Waals surface area contributed by atoms with E-state index in [1.54, 1.807) is 0 Å². The van der Waals surface area contributed by atoms with Gasteiger partial charge in [0.2, 0.25) is 0 Å². The number of hydrogen-bond acceptors (Lipinski definition) is 1. The molecule has 1 nitrogen and oxygen atoms in total. The molecule has 0 aromatic heterocycles. The molecule has 1 aliphatic carbocycles. The maximum Gasteiger partial charge on any atom is 0.00698 e. The second-order valence-corrected chi connectivity index (χ2v) is 5.81. The van der Waals surface area contributed by atoms with Crippen LogP contribution in [0.25, 0.3) is 10.8 Å². The van der Waals surface area contributed by atoms with Crippen LogP contribution in [0.15, 0.2) is 42.5 Å². The normalized spacial score (nSPS) is 24.3. The van der Waals surface area contributed by atoms with Crippen molar-refractivity contribution in [2.45, 2.75) is 44.1 Å². The van der Waals surface area contributed by atoms with Gasteiger partial charge in [-0.2, -0.15) is 0 Å². The van der Waals surface area contributed by atoms with Crippen LogP contribution >= 0.6 is 0 Å². The predicted octanol–water partition coefficient (Wildman–Crippen LogP) is 4.48. The first-order chi connectivity index (χ1) is 9.36. The lowest BCUT2D eigenvalue weighted by Crippen LogP contribution is -2.25. The highest BCUT2D eigenvalue weighted by Crippen LogP contribution is 2.33. The summed E-state index contributed by atoms with van der Waals surface area (Å²) in [6, 6.07) is 16.4. The number of rotatable bonds is 2. The van der Waals surface area contributed by atoms with Crippen molar-refractivity contribution in [3.8, 4) is 0 Å². The van der Waals surface area contributed by atoms with Gasteiger partial charge in [0.25, 0.3) is 0 Å². The Morgan fingerprint density at radius 3 is 2.58 bits per heavy atom. The van der Waals surface area contributed by atoms with E-state index in [1.807, 2.05) is 0 Å². The fraction of sp³-hybridized carbons (Fsp3) is 0.444. The molecule has 1 N–H and O–H groups in total. The Kier molecular flexibility index (Phi) is 3.84. The topological polar surface area (TPSA) is 12.0 Å². The predicted molar refractivity (Wildman–Crippen MR) is 82.6 cm³/mol. The summed E-state index contributed by atoms with van der Waals surface area (Å²) in [5, 5.41) is 6.21. The minimum Gasteiger partial charge on any atom is -0.317 e. The summed E-state index contributed by atoms with van der Waals surface area (Å²) in [4.78, 5) is 0. The summed E-state index contributed by atoms with van der Waals surface area (Å²) in [6.07, 6.45) is 6.71. The van der Waals surface area contributed by atoms with Gasteiger partial charge in [0, 0.05) is 6.04 Å². The first-order valence-electron chi connectivity index (χ1n) is 7.53. The zero-order valence-corrected chi connectivity index (χ0v) is 11.7. The van der Waals surface area contributed by atoms with E-state index in [0.717, 1.165) is 5.92 Å². The van der Waals surface area contributed by atoms with Crippen LogP contribution in [0.4, 0.5) is 0 Å². The Hall–Kier alpha value is -1.34. The molecule has 3 rings (SSSR count). The van der Waals surface area contributed by atoms with E-state index in [-0.39, 0.29) is 0 Å². The Morgan fingerprint density at radius 2 is 1.74 bits per heavy atom. The van der Waals surface area contributed by atoms with Gasteiger partial charge < -0.3 is 5.32 Å². The van der Waals surface area contributed by atoms with Crippen LogP contribution in [0.5, 0.6) is 0 Å². The van der Waals surface area contributed by atoms with E-state index in [0.29, 0.717) is 6.04 Å². The van der Waals surface area contributed by atoms with E-state index >= 15 is 0 Å². The van der Waals surface area contributed by atoms with E-state index in [9.17, 15) is 0 Å².